The highest BCUT2D eigenvalue weighted by Crippen LogP contribution is 2.32. The summed E-state index contributed by atoms with van der Waals surface area (Å²) in [6.45, 7) is 5.69. The van der Waals surface area contributed by atoms with Crippen LogP contribution in [0.15, 0.2) is 0 Å². The van der Waals surface area contributed by atoms with Crippen LogP contribution >= 0.6 is 0 Å². The van der Waals surface area contributed by atoms with Gasteiger partial charge in [-0.05, 0) is 37.6 Å². The van der Waals surface area contributed by atoms with Crippen LogP contribution in [0.4, 0.5) is 0 Å². The number of hydrogen-bond acceptors (Lipinski definition) is 4. The third kappa shape index (κ3) is 2.55. The Morgan fingerprint density at radius 3 is 2.72 bits per heavy atom. The fraction of sp³-hybridized carbons (Fsp3) is 0.917. The molecule has 6 heteroatoms. The van der Waals surface area contributed by atoms with Crippen molar-refractivity contribution in [3.63, 3.8) is 0 Å². The van der Waals surface area contributed by atoms with E-state index in [9.17, 15) is 14.8 Å². The van der Waals surface area contributed by atoms with Crippen molar-refractivity contribution in [3.8, 4) is 0 Å². The minimum atomic E-state index is -1.43. The highest BCUT2D eigenvalue weighted by atomic mass is 16.4. The van der Waals surface area contributed by atoms with Crippen molar-refractivity contribution in [1.82, 2.24) is 10.2 Å². The first-order valence-electron chi connectivity index (χ1n) is 6.83. The molecule has 0 spiro atoms. The minimum absolute atomic E-state index is 0.0234. The van der Waals surface area contributed by atoms with Crippen LogP contribution in [0.25, 0.3) is 0 Å². The summed E-state index contributed by atoms with van der Waals surface area (Å²) in [6, 6.07) is -0.203. The Kier molecular flexibility index (Phi) is 3.99. The summed E-state index contributed by atoms with van der Waals surface area (Å²) >= 11 is 0. The highest BCUT2D eigenvalue weighted by molar-refractivity contribution is 6.43. The molecule has 0 aromatic carbocycles. The predicted octanol–water partition coefficient (Wildman–Crippen LogP) is -0.232. The predicted molar refractivity (Wildman–Crippen MR) is 69.7 cm³/mol. The Bertz CT molecular complexity index is 322. The Hall–Kier alpha value is -0.585. The van der Waals surface area contributed by atoms with E-state index in [4.69, 9.17) is 0 Å². The van der Waals surface area contributed by atoms with Crippen molar-refractivity contribution in [2.75, 3.05) is 13.1 Å². The first-order valence-corrected chi connectivity index (χ1v) is 6.83. The van der Waals surface area contributed by atoms with Crippen molar-refractivity contribution in [2.45, 2.75) is 51.5 Å². The Morgan fingerprint density at radius 1 is 1.39 bits per heavy atom. The first kappa shape index (κ1) is 13.8. The molecule has 0 bridgehead atoms. The summed E-state index contributed by atoms with van der Waals surface area (Å²) in [5.41, 5.74) is -0.0666. The summed E-state index contributed by atoms with van der Waals surface area (Å²) in [4.78, 5) is 14.2. The SMILES string of the molecule is CC1(C)CCCN[C@@H]1C(=O)N1CCC[C@H]1B(O)O. The average molecular weight is 254 g/mol. The van der Waals surface area contributed by atoms with E-state index in [1.807, 2.05) is 0 Å². The van der Waals surface area contributed by atoms with Crippen LogP contribution < -0.4 is 5.32 Å². The van der Waals surface area contributed by atoms with E-state index in [1.165, 1.54) is 0 Å². The highest BCUT2D eigenvalue weighted by Gasteiger charge is 2.44. The number of nitrogens with zero attached hydrogens (tertiary/aromatic N) is 1. The van der Waals surface area contributed by atoms with Crippen LogP contribution in [-0.2, 0) is 4.79 Å². The fourth-order valence-corrected chi connectivity index (χ4v) is 3.17. The van der Waals surface area contributed by atoms with E-state index in [0.29, 0.717) is 13.0 Å². The molecule has 2 saturated heterocycles. The average Bonchev–Trinajstić information content (AvgIpc) is 2.76. The third-order valence-electron chi connectivity index (χ3n) is 4.30. The number of likely N-dealkylation sites (tertiary alicyclic amines) is 1. The van der Waals surface area contributed by atoms with Crippen LogP contribution in [-0.4, -0.2) is 53.0 Å². The lowest BCUT2D eigenvalue weighted by Gasteiger charge is -2.41. The molecule has 2 aliphatic heterocycles. The molecule has 0 aliphatic carbocycles. The summed E-state index contributed by atoms with van der Waals surface area (Å²) in [5.74, 6) is -0.410. The molecule has 2 atom stereocenters. The smallest absolute Gasteiger partial charge is 0.426 e. The van der Waals surface area contributed by atoms with Crippen molar-refractivity contribution >= 4 is 13.0 Å². The molecule has 102 valence electrons. The van der Waals surface area contributed by atoms with Gasteiger partial charge in [-0.1, -0.05) is 13.8 Å². The largest absolute Gasteiger partial charge is 0.475 e. The minimum Gasteiger partial charge on any atom is -0.426 e. The van der Waals surface area contributed by atoms with Gasteiger partial charge in [0.25, 0.3) is 0 Å². The zero-order valence-electron chi connectivity index (χ0n) is 11.2. The van der Waals surface area contributed by atoms with Gasteiger partial charge in [0.05, 0.1) is 12.0 Å². The maximum Gasteiger partial charge on any atom is 0.475 e. The van der Waals surface area contributed by atoms with Gasteiger partial charge in [-0.25, -0.2) is 0 Å². The number of hydrogen-bond donors (Lipinski definition) is 3. The molecule has 18 heavy (non-hydrogen) atoms. The van der Waals surface area contributed by atoms with Crippen LogP contribution in [0, 0.1) is 5.41 Å². The molecule has 2 rings (SSSR count). The van der Waals surface area contributed by atoms with Gasteiger partial charge < -0.3 is 20.3 Å². The standard InChI is InChI=1S/C12H23BN2O3/c1-12(2)6-4-7-14-10(12)11(16)15-8-3-5-9(15)13(17)18/h9-10,14,17-18H,3-8H2,1-2H3/t9-,10+/m0/s1. The summed E-state index contributed by atoms with van der Waals surface area (Å²) < 4.78 is 0. The molecule has 2 fully saturated rings. The van der Waals surface area contributed by atoms with Gasteiger partial charge in [0.2, 0.25) is 5.91 Å². The summed E-state index contributed by atoms with van der Waals surface area (Å²) in [5, 5.41) is 22.0. The lowest BCUT2D eigenvalue weighted by Crippen LogP contribution is -2.59. The van der Waals surface area contributed by atoms with E-state index >= 15 is 0 Å². The van der Waals surface area contributed by atoms with E-state index < -0.39 is 13.1 Å². The molecule has 0 unspecified atom stereocenters. The molecular weight excluding hydrogens is 231 g/mol. The van der Waals surface area contributed by atoms with E-state index in [-0.39, 0.29) is 17.4 Å². The van der Waals surface area contributed by atoms with Gasteiger partial charge in [-0.3, -0.25) is 4.79 Å². The number of carbonyl (C=O) groups is 1. The molecule has 0 aromatic heterocycles. The van der Waals surface area contributed by atoms with Gasteiger partial charge in [0.1, 0.15) is 0 Å². The molecule has 2 heterocycles. The van der Waals surface area contributed by atoms with Crippen LogP contribution in [0.2, 0.25) is 0 Å². The van der Waals surface area contributed by atoms with Crippen molar-refractivity contribution < 1.29 is 14.8 Å². The van der Waals surface area contributed by atoms with Crippen LogP contribution in [0.1, 0.15) is 39.5 Å². The lowest BCUT2D eigenvalue weighted by molar-refractivity contribution is -0.137. The maximum atomic E-state index is 12.6. The number of rotatable bonds is 2. The number of piperidine rings is 1. The second-order valence-electron chi connectivity index (χ2n) is 6.13. The quantitative estimate of drug-likeness (QED) is 0.595. The molecule has 0 saturated carbocycles. The summed E-state index contributed by atoms with van der Waals surface area (Å²) in [7, 11) is -1.43. The zero-order chi connectivity index (χ0) is 13.3. The monoisotopic (exact) mass is 254 g/mol. The fourth-order valence-electron chi connectivity index (χ4n) is 3.17. The van der Waals surface area contributed by atoms with Crippen LogP contribution in [0.3, 0.4) is 0 Å². The zero-order valence-corrected chi connectivity index (χ0v) is 11.2. The van der Waals surface area contributed by atoms with E-state index in [0.717, 1.165) is 25.8 Å². The van der Waals surface area contributed by atoms with Crippen LogP contribution in [0.5, 0.6) is 0 Å². The van der Waals surface area contributed by atoms with Crippen molar-refractivity contribution in [2.24, 2.45) is 5.41 Å². The van der Waals surface area contributed by atoms with Gasteiger partial charge >= 0.3 is 7.12 Å². The Labute approximate surface area is 109 Å². The molecule has 0 radical (unpaired) electrons. The number of carbonyl (C=O) groups excluding carboxylic acids is 1. The molecular formula is C12H23BN2O3. The normalized spacial score (nSPS) is 31.4. The summed E-state index contributed by atoms with van der Waals surface area (Å²) in [6.07, 6.45) is 3.64. The molecule has 0 aromatic rings. The van der Waals surface area contributed by atoms with Gasteiger partial charge in [0, 0.05) is 6.54 Å². The lowest BCUT2D eigenvalue weighted by atomic mass is 9.75. The third-order valence-corrected chi connectivity index (χ3v) is 4.30. The van der Waals surface area contributed by atoms with Gasteiger partial charge in [-0.15, -0.1) is 0 Å². The molecule has 3 N–H and O–H groups in total. The molecule has 2 aliphatic rings. The molecule has 5 nitrogen and oxygen atoms in total. The topological polar surface area (TPSA) is 72.8 Å². The van der Waals surface area contributed by atoms with Gasteiger partial charge in [0.15, 0.2) is 0 Å². The Morgan fingerprint density at radius 2 is 2.11 bits per heavy atom. The van der Waals surface area contributed by atoms with Gasteiger partial charge in [-0.2, -0.15) is 0 Å². The number of amides is 1. The molecule has 1 amide bonds. The maximum absolute atomic E-state index is 12.6. The first-order chi connectivity index (χ1) is 8.43. The van der Waals surface area contributed by atoms with E-state index in [1.54, 1.807) is 4.90 Å². The second kappa shape index (κ2) is 5.19. The van der Waals surface area contributed by atoms with Crippen molar-refractivity contribution in [1.29, 1.82) is 0 Å². The van der Waals surface area contributed by atoms with E-state index in [2.05, 4.69) is 19.2 Å². The Balaban J connectivity index is 2.10. The second-order valence-corrected chi connectivity index (χ2v) is 6.13. The number of nitrogens with one attached hydrogen (secondary N) is 1. The van der Waals surface area contributed by atoms with Crippen molar-refractivity contribution in [3.05, 3.63) is 0 Å².